The molecule has 3 aliphatic heterocycles. The smallest absolute Gasteiger partial charge is 0.245 e. The number of hydrogen-bond donors (Lipinski definition) is 1. The number of rotatable bonds is 6. The Bertz CT molecular complexity index is 728. The second-order valence-electron chi connectivity index (χ2n) is 9.18. The summed E-state index contributed by atoms with van der Waals surface area (Å²) in [6.45, 7) is 10.7. The Hall–Kier alpha value is -1.44. The van der Waals surface area contributed by atoms with E-state index in [9.17, 15) is 9.59 Å². The Kier molecular flexibility index (Phi) is 6.56. The highest BCUT2D eigenvalue weighted by Gasteiger charge is 2.43. The van der Waals surface area contributed by atoms with E-state index >= 15 is 0 Å². The first-order chi connectivity index (χ1) is 14.0. The van der Waals surface area contributed by atoms with Gasteiger partial charge in [-0.25, -0.2) is 0 Å². The molecule has 4 heterocycles. The van der Waals surface area contributed by atoms with Gasteiger partial charge in [0.2, 0.25) is 11.8 Å². The van der Waals surface area contributed by atoms with Crippen LogP contribution in [0.2, 0.25) is 0 Å². The van der Waals surface area contributed by atoms with Gasteiger partial charge in [-0.15, -0.1) is 11.3 Å². The minimum Gasteiger partial charge on any atom is -0.342 e. The normalized spacial score (nSPS) is 26.7. The Morgan fingerprint density at radius 1 is 1.00 bits per heavy atom. The fourth-order valence-corrected chi connectivity index (χ4v) is 5.89. The second kappa shape index (κ2) is 9.14. The molecule has 6 nitrogen and oxygen atoms in total. The molecule has 0 spiro atoms. The van der Waals surface area contributed by atoms with Crippen LogP contribution in [0.25, 0.3) is 0 Å². The zero-order valence-corrected chi connectivity index (χ0v) is 18.5. The summed E-state index contributed by atoms with van der Waals surface area (Å²) in [7, 11) is 0. The van der Waals surface area contributed by atoms with Crippen LogP contribution >= 0.6 is 11.3 Å². The molecule has 0 aromatic carbocycles. The lowest BCUT2D eigenvalue weighted by Crippen LogP contribution is -2.69. The lowest BCUT2D eigenvalue weighted by molar-refractivity contribution is -0.153. The molecule has 1 aromatic rings. The van der Waals surface area contributed by atoms with Crippen molar-refractivity contribution >= 4 is 23.2 Å². The van der Waals surface area contributed by atoms with E-state index < -0.39 is 0 Å². The number of piperidine rings is 1. The number of fused-ring (bicyclic) bond motifs is 1. The number of carbonyl (C=O) groups excluding carboxylic acids is 2. The number of amides is 2. The third-order valence-electron chi connectivity index (χ3n) is 6.30. The summed E-state index contributed by atoms with van der Waals surface area (Å²) in [5.41, 5.74) is 0. The fraction of sp³-hybridized carbons (Fsp3) is 0.727. The molecule has 160 valence electrons. The molecule has 1 aromatic heterocycles. The molecule has 3 saturated heterocycles. The molecule has 0 saturated carbocycles. The third kappa shape index (κ3) is 5.01. The van der Waals surface area contributed by atoms with E-state index in [-0.39, 0.29) is 23.9 Å². The highest BCUT2D eigenvalue weighted by molar-refractivity contribution is 7.11. The van der Waals surface area contributed by atoms with Crippen LogP contribution < -0.4 is 5.32 Å². The molecule has 1 N–H and O–H groups in total. The minimum absolute atomic E-state index is 0.0110. The number of hydrogen-bond acceptors (Lipinski definition) is 5. The van der Waals surface area contributed by atoms with Crippen molar-refractivity contribution in [1.82, 2.24) is 20.0 Å². The Balaban J connectivity index is 1.32. The van der Waals surface area contributed by atoms with E-state index in [2.05, 4.69) is 41.1 Å². The van der Waals surface area contributed by atoms with E-state index in [1.54, 1.807) is 0 Å². The lowest BCUT2D eigenvalue weighted by Gasteiger charge is -2.45. The second-order valence-corrected chi connectivity index (χ2v) is 10.4. The first-order valence-electron chi connectivity index (χ1n) is 11.1. The number of thiophene rings is 1. The maximum atomic E-state index is 12.8. The molecule has 0 aliphatic carbocycles. The summed E-state index contributed by atoms with van der Waals surface area (Å²) in [6.07, 6.45) is 4.73. The lowest BCUT2D eigenvalue weighted by atomic mass is 9.97. The van der Waals surface area contributed by atoms with E-state index in [4.69, 9.17) is 0 Å². The monoisotopic (exact) mass is 418 g/mol. The van der Waals surface area contributed by atoms with E-state index in [1.807, 2.05) is 16.2 Å². The van der Waals surface area contributed by atoms with Gasteiger partial charge in [0.05, 0.1) is 0 Å². The van der Waals surface area contributed by atoms with Crippen molar-refractivity contribution < 1.29 is 9.59 Å². The van der Waals surface area contributed by atoms with E-state index in [0.717, 1.165) is 19.6 Å². The summed E-state index contributed by atoms with van der Waals surface area (Å²) in [5.74, 6) is 0.500. The molecule has 0 unspecified atom stereocenters. The molecule has 4 rings (SSSR count). The Morgan fingerprint density at radius 2 is 1.69 bits per heavy atom. The Labute approximate surface area is 178 Å². The SMILES string of the molecule is CC(C)C[C@H]1NC(=O)[C@H]2CN(Cc3ccc(CN4CCCCC4)s3)CCN2C1=O. The number of likely N-dealkylation sites (tertiary alicyclic amines) is 1. The summed E-state index contributed by atoms with van der Waals surface area (Å²) >= 11 is 1.89. The third-order valence-corrected chi connectivity index (χ3v) is 7.35. The predicted molar refractivity (Wildman–Crippen MR) is 116 cm³/mol. The summed E-state index contributed by atoms with van der Waals surface area (Å²) in [4.78, 5) is 34.9. The van der Waals surface area contributed by atoms with Gasteiger partial charge in [0.25, 0.3) is 0 Å². The van der Waals surface area contributed by atoms with E-state index in [0.29, 0.717) is 25.4 Å². The number of nitrogens with zero attached hydrogens (tertiary/aromatic N) is 3. The maximum Gasteiger partial charge on any atom is 0.245 e. The first-order valence-corrected chi connectivity index (χ1v) is 11.9. The average molecular weight is 419 g/mol. The average Bonchev–Trinajstić information content (AvgIpc) is 3.13. The summed E-state index contributed by atoms with van der Waals surface area (Å²) in [6, 6.07) is 3.81. The van der Waals surface area contributed by atoms with Gasteiger partial charge in [0.15, 0.2) is 0 Å². The van der Waals surface area contributed by atoms with Crippen molar-refractivity contribution in [2.24, 2.45) is 5.92 Å². The van der Waals surface area contributed by atoms with Crippen LogP contribution in [0.5, 0.6) is 0 Å². The Morgan fingerprint density at radius 3 is 2.38 bits per heavy atom. The van der Waals surface area contributed by atoms with Gasteiger partial charge in [-0.2, -0.15) is 0 Å². The zero-order chi connectivity index (χ0) is 20.4. The van der Waals surface area contributed by atoms with Gasteiger partial charge < -0.3 is 10.2 Å². The maximum absolute atomic E-state index is 12.8. The van der Waals surface area contributed by atoms with Gasteiger partial charge >= 0.3 is 0 Å². The highest BCUT2D eigenvalue weighted by Crippen LogP contribution is 2.24. The first kappa shape index (κ1) is 20.8. The molecule has 2 amide bonds. The van der Waals surface area contributed by atoms with Crippen LogP contribution in [-0.2, 0) is 22.7 Å². The number of piperazine rings is 2. The molecule has 3 aliphatic rings. The van der Waals surface area contributed by atoms with Crippen LogP contribution in [-0.4, -0.2) is 71.3 Å². The van der Waals surface area contributed by atoms with Crippen LogP contribution in [0, 0.1) is 5.92 Å². The van der Waals surface area contributed by atoms with Gasteiger partial charge in [-0.05, 0) is 50.4 Å². The zero-order valence-electron chi connectivity index (χ0n) is 17.7. The molecule has 7 heteroatoms. The van der Waals surface area contributed by atoms with Crippen LogP contribution in [0.4, 0.5) is 0 Å². The van der Waals surface area contributed by atoms with Gasteiger partial charge in [0, 0.05) is 42.5 Å². The summed E-state index contributed by atoms with van der Waals surface area (Å²) < 4.78 is 0. The van der Waals surface area contributed by atoms with Crippen molar-refractivity contribution in [3.63, 3.8) is 0 Å². The van der Waals surface area contributed by atoms with Crippen LogP contribution in [0.15, 0.2) is 12.1 Å². The number of carbonyl (C=O) groups is 2. The number of nitrogens with one attached hydrogen (secondary N) is 1. The van der Waals surface area contributed by atoms with Gasteiger partial charge in [0.1, 0.15) is 12.1 Å². The quantitative estimate of drug-likeness (QED) is 0.770. The van der Waals surface area contributed by atoms with Crippen molar-refractivity contribution in [2.45, 2.75) is 64.7 Å². The molecular weight excluding hydrogens is 384 g/mol. The van der Waals surface area contributed by atoms with Gasteiger partial charge in [-0.1, -0.05) is 20.3 Å². The van der Waals surface area contributed by atoms with Crippen molar-refractivity contribution in [3.8, 4) is 0 Å². The van der Waals surface area contributed by atoms with Crippen molar-refractivity contribution in [2.75, 3.05) is 32.7 Å². The molecule has 3 fully saturated rings. The van der Waals surface area contributed by atoms with Crippen molar-refractivity contribution in [3.05, 3.63) is 21.9 Å². The van der Waals surface area contributed by atoms with Gasteiger partial charge in [-0.3, -0.25) is 19.4 Å². The van der Waals surface area contributed by atoms with Crippen LogP contribution in [0.1, 0.15) is 49.3 Å². The highest BCUT2D eigenvalue weighted by atomic mass is 32.1. The largest absolute Gasteiger partial charge is 0.342 e. The molecule has 29 heavy (non-hydrogen) atoms. The molecular formula is C22H34N4O2S. The topological polar surface area (TPSA) is 55.9 Å². The van der Waals surface area contributed by atoms with Crippen molar-refractivity contribution in [1.29, 1.82) is 0 Å². The molecule has 0 bridgehead atoms. The molecule has 0 radical (unpaired) electrons. The molecule has 2 atom stereocenters. The predicted octanol–water partition coefficient (Wildman–Crippen LogP) is 2.29. The van der Waals surface area contributed by atoms with E-state index in [1.165, 1.54) is 42.1 Å². The standard InChI is InChI=1S/C22H34N4O2S/c1-16(2)12-19-22(28)26-11-10-25(15-20(26)21(27)23-19)14-18-7-6-17(29-18)13-24-8-4-3-5-9-24/h6-7,16,19-20H,3-5,8-15H2,1-2H3,(H,23,27)/t19-,20-/m1/s1. The summed E-state index contributed by atoms with van der Waals surface area (Å²) in [5, 5.41) is 2.97. The van der Waals surface area contributed by atoms with Crippen LogP contribution in [0.3, 0.4) is 0 Å². The fourth-order valence-electron chi connectivity index (χ4n) is 4.78. The minimum atomic E-state index is -0.347.